The number of halogens is 2. The Labute approximate surface area is 160 Å². The van der Waals surface area contributed by atoms with Gasteiger partial charge >= 0.3 is 0 Å². The molecule has 1 N–H and O–H groups in total. The lowest BCUT2D eigenvalue weighted by atomic mass is 10.1. The smallest absolute Gasteiger partial charge is 0.259 e. The molecule has 7 heteroatoms. The van der Waals surface area contributed by atoms with Gasteiger partial charge in [-0.15, -0.1) is 0 Å². The van der Waals surface area contributed by atoms with E-state index in [0.29, 0.717) is 16.7 Å². The van der Waals surface area contributed by atoms with Crippen LogP contribution in [-0.2, 0) is 0 Å². The minimum absolute atomic E-state index is 0.231. The molecule has 5 nitrogen and oxygen atoms in total. The van der Waals surface area contributed by atoms with Crippen LogP contribution in [0.15, 0.2) is 50.1 Å². The maximum Gasteiger partial charge on any atom is 0.259 e. The minimum atomic E-state index is -0.293. The highest BCUT2D eigenvalue weighted by atomic mass is 79.9. The van der Waals surface area contributed by atoms with Gasteiger partial charge in [-0.2, -0.15) is 5.26 Å². The first-order chi connectivity index (χ1) is 12.0. The normalized spacial score (nSPS) is 11.4. The Morgan fingerprint density at radius 1 is 1.28 bits per heavy atom. The quantitative estimate of drug-likeness (QED) is 0.582. The summed E-state index contributed by atoms with van der Waals surface area (Å²) >= 11 is 6.74. The highest BCUT2D eigenvalue weighted by Gasteiger charge is 2.09. The molecule has 1 heterocycles. The third-order valence-electron chi connectivity index (χ3n) is 3.53. The molecule has 0 unspecified atom stereocenters. The monoisotopic (exact) mass is 459 g/mol. The molecule has 2 aromatic carbocycles. The lowest BCUT2D eigenvalue weighted by molar-refractivity contribution is 0.412. The van der Waals surface area contributed by atoms with Crippen molar-refractivity contribution in [2.24, 2.45) is 0 Å². The van der Waals surface area contributed by atoms with E-state index in [4.69, 9.17) is 4.74 Å². The number of aromatic amines is 1. The first kappa shape index (κ1) is 17.4. The zero-order valence-electron chi connectivity index (χ0n) is 13.0. The van der Waals surface area contributed by atoms with Crippen LogP contribution in [0.2, 0.25) is 0 Å². The predicted octanol–water partition coefficient (Wildman–Crippen LogP) is 4.52. The molecule has 1 aromatic heterocycles. The van der Waals surface area contributed by atoms with Crippen molar-refractivity contribution < 1.29 is 4.74 Å². The van der Waals surface area contributed by atoms with E-state index in [1.807, 2.05) is 12.1 Å². The lowest BCUT2D eigenvalue weighted by Crippen LogP contribution is -2.11. The maximum absolute atomic E-state index is 12.3. The molecular weight excluding hydrogens is 450 g/mol. The highest BCUT2D eigenvalue weighted by Crippen LogP contribution is 2.27. The van der Waals surface area contributed by atoms with Crippen LogP contribution in [0.25, 0.3) is 22.6 Å². The zero-order chi connectivity index (χ0) is 18.0. The van der Waals surface area contributed by atoms with Gasteiger partial charge in [-0.25, -0.2) is 4.98 Å². The average Bonchev–Trinajstić information content (AvgIpc) is 2.60. The third-order valence-corrected chi connectivity index (χ3v) is 4.64. The lowest BCUT2D eigenvalue weighted by Gasteiger charge is -2.05. The van der Waals surface area contributed by atoms with Gasteiger partial charge in [-0.05, 0) is 57.9 Å². The Bertz CT molecular complexity index is 1100. The van der Waals surface area contributed by atoms with E-state index in [0.717, 1.165) is 14.5 Å². The molecule has 0 saturated carbocycles. The van der Waals surface area contributed by atoms with Crippen LogP contribution in [0, 0.1) is 11.3 Å². The molecule has 0 amide bonds. The molecule has 124 valence electrons. The molecule has 0 aliphatic rings. The van der Waals surface area contributed by atoms with Gasteiger partial charge in [0.2, 0.25) is 0 Å². The Kier molecular flexibility index (Phi) is 5.02. The fourth-order valence-electron chi connectivity index (χ4n) is 2.33. The topological polar surface area (TPSA) is 78.8 Å². The van der Waals surface area contributed by atoms with Gasteiger partial charge in [0, 0.05) is 4.47 Å². The van der Waals surface area contributed by atoms with Crippen molar-refractivity contribution in [3.63, 3.8) is 0 Å². The molecule has 3 rings (SSSR count). The number of nitriles is 1. The average molecular weight is 461 g/mol. The number of hydrogen-bond acceptors (Lipinski definition) is 4. The van der Waals surface area contributed by atoms with Crippen molar-refractivity contribution in [1.82, 2.24) is 9.97 Å². The van der Waals surface area contributed by atoms with Gasteiger partial charge in [0.05, 0.1) is 28.1 Å². The summed E-state index contributed by atoms with van der Waals surface area (Å²) in [5.41, 5.74) is 1.28. The summed E-state index contributed by atoms with van der Waals surface area (Å²) in [7, 11) is 1.58. The van der Waals surface area contributed by atoms with Crippen LogP contribution in [0.4, 0.5) is 0 Å². The van der Waals surface area contributed by atoms with Gasteiger partial charge in [-0.1, -0.05) is 22.0 Å². The molecule has 0 spiro atoms. The Morgan fingerprint density at radius 3 is 2.76 bits per heavy atom. The van der Waals surface area contributed by atoms with E-state index < -0.39 is 0 Å². The summed E-state index contributed by atoms with van der Waals surface area (Å²) in [5, 5.41) is 9.95. The number of methoxy groups -OCH3 is 1. The van der Waals surface area contributed by atoms with Crippen molar-refractivity contribution >= 4 is 54.4 Å². The Balaban J connectivity index is 2.11. The number of hydrogen-bond donors (Lipinski definition) is 1. The summed E-state index contributed by atoms with van der Waals surface area (Å²) in [5.74, 6) is 0.924. The molecule has 0 aliphatic carbocycles. The Morgan fingerprint density at radius 2 is 2.08 bits per heavy atom. The van der Waals surface area contributed by atoms with Gasteiger partial charge in [0.1, 0.15) is 11.8 Å². The number of aromatic nitrogens is 2. The van der Waals surface area contributed by atoms with Crippen LogP contribution < -0.4 is 10.3 Å². The summed E-state index contributed by atoms with van der Waals surface area (Å²) in [6.07, 6.45) is 1.66. The van der Waals surface area contributed by atoms with Crippen molar-refractivity contribution in [1.29, 1.82) is 5.26 Å². The number of fused-ring (bicyclic) bond motifs is 1. The molecule has 25 heavy (non-hydrogen) atoms. The number of rotatable bonds is 3. The van der Waals surface area contributed by atoms with E-state index in [-0.39, 0.29) is 17.0 Å². The largest absolute Gasteiger partial charge is 0.496 e. The molecular formula is C18H11Br2N3O2. The number of nitrogens with one attached hydrogen (secondary N) is 1. The van der Waals surface area contributed by atoms with Crippen LogP contribution in [0.5, 0.6) is 5.75 Å². The minimum Gasteiger partial charge on any atom is -0.496 e. The molecule has 0 fully saturated rings. The fourth-order valence-corrected chi connectivity index (χ4v) is 3.25. The van der Waals surface area contributed by atoms with Gasteiger partial charge in [0.15, 0.2) is 5.82 Å². The summed E-state index contributed by atoms with van der Waals surface area (Å²) in [6, 6.07) is 12.8. The number of allylic oxidation sites excluding steroid dienone is 1. The standard InChI is InChI=1S/C18H11Br2N3O2/c1-25-16-5-2-10(7-14(16)20)6-11(9-21)17-22-15-4-3-12(19)8-13(15)18(24)23-17/h2-8H,1H3,(H,22,23,24)/b11-6+. The second-order valence-corrected chi connectivity index (χ2v) is 6.91. The van der Waals surface area contributed by atoms with E-state index in [1.165, 1.54) is 0 Å². The van der Waals surface area contributed by atoms with Crippen LogP contribution >= 0.6 is 31.9 Å². The molecule has 0 atom stereocenters. The van der Waals surface area contributed by atoms with Crippen molar-refractivity contribution in [2.75, 3.05) is 7.11 Å². The SMILES string of the molecule is COc1ccc(/C=C(\C#N)c2nc3ccc(Br)cc3c(=O)[nH]2)cc1Br. The van der Waals surface area contributed by atoms with Gasteiger partial charge < -0.3 is 9.72 Å². The maximum atomic E-state index is 12.3. The first-order valence-electron chi connectivity index (χ1n) is 7.17. The van der Waals surface area contributed by atoms with E-state index >= 15 is 0 Å². The van der Waals surface area contributed by atoms with Gasteiger partial charge in [0.25, 0.3) is 5.56 Å². The van der Waals surface area contributed by atoms with Gasteiger partial charge in [-0.3, -0.25) is 4.79 Å². The molecule has 0 aliphatic heterocycles. The van der Waals surface area contributed by atoms with Crippen molar-refractivity contribution in [3.8, 4) is 11.8 Å². The zero-order valence-corrected chi connectivity index (χ0v) is 16.2. The third kappa shape index (κ3) is 3.65. The summed E-state index contributed by atoms with van der Waals surface area (Å²) < 4.78 is 6.75. The number of benzene rings is 2. The van der Waals surface area contributed by atoms with Crippen molar-refractivity contribution in [3.05, 3.63) is 67.1 Å². The second kappa shape index (κ2) is 7.21. The predicted molar refractivity (Wildman–Crippen MR) is 104 cm³/mol. The molecule has 0 radical (unpaired) electrons. The summed E-state index contributed by atoms with van der Waals surface area (Å²) in [4.78, 5) is 19.4. The highest BCUT2D eigenvalue weighted by molar-refractivity contribution is 9.10. The number of nitrogens with zero attached hydrogens (tertiary/aromatic N) is 2. The Hall–Kier alpha value is -2.43. The first-order valence-corrected chi connectivity index (χ1v) is 8.75. The second-order valence-electron chi connectivity index (χ2n) is 5.14. The molecule has 0 saturated heterocycles. The van der Waals surface area contributed by atoms with Crippen LogP contribution in [-0.4, -0.2) is 17.1 Å². The van der Waals surface area contributed by atoms with Crippen LogP contribution in [0.3, 0.4) is 0 Å². The van der Waals surface area contributed by atoms with Crippen LogP contribution in [0.1, 0.15) is 11.4 Å². The van der Waals surface area contributed by atoms with E-state index in [2.05, 4.69) is 47.9 Å². The van der Waals surface area contributed by atoms with E-state index in [9.17, 15) is 10.1 Å². The summed E-state index contributed by atoms with van der Waals surface area (Å²) in [6.45, 7) is 0. The molecule has 0 bridgehead atoms. The fraction of sp³-hybridized carbons (Fsp3) is 0.0556. The van der Waals surface area contributed by atoms with Crippen molar-refractivity contribution in [2.45, 2.75) is 0 Å². The number of H-pyrrole nitrogens is 1. The van der Waals surface area contributed by atoms with E-state index in [1.54, 1.807) is 37.5 Å². The molecule has 3 aromatic rings. The number of ether oxygens (including phenoxy) is 1.